The molecular weight excluding hydrogens is 281 g/mol. The van der Waals surface area contributed by atoms with E-state index < -0.39 is 5.82 Å². The fourth-order valence-corrected chi connectivity index (χ4v) is 2.26. The molecule has 2 aromatic rings. The van der Waals surface area contributed by atoms with Crippen molar-refractivity contribution < 1.29 is 13.6 Å². The highest BCUT2D eigenvalue weighted by atomic mass is 35.5. The molecule has 0 saturated heterocycles. The molecule has 1 aromatic carbocycles. The molecule has 0 aliphatic heterocycles. The van der Waals surface area contributed by atoms with Crippen LogP contribution in [-0.2, 0) is 6.54 Å². The van der Waals surface area contributed by atoms with E-state index in [4.69, 9.17) is 16.0 Å². The van der Waals surface area contributed by atoms with E-state index in [-0.39, 0.29) is 12.5 Å². The summed E-state index contributed by atoms with van der Waals surface area (Å²) in [6, 6.07) is 6.14. The molecule has 106 valence electrons. The first-order valence-corrected chi connectivity index (χ1v) is 6.53. The Morgan fingerprint density at radius 3 is 2.65 bits per heavy atom. The Morgan fingerprint density at radius 2 is 2.10 bits per heavy atom. The number of hydrogen-bond donors (Lipinski definition) is 0. The topological polar surface area (TPSA) is 33.5 Å². The van der Waals surface area contributed by atoms with Crippen LogP contribution in [0.15, 0.2) is 28.7 Å². The predicted molar refractivity (Wildman–Crippen MR) is 75.4 cm³/mol. The van der Waals surface area contributed by atoms with Crippen molar-refractivity contribution in [2.24, 2.45) is 0 Å². The summed E-state index contributed by atoms with van der Waals surface area (Å²) >= 11 is 5.96. The number of rotatable bonds is 3. The lowest BCUT2D eigenvalue weighted by atomic mass is 10.1. The lowest BCUT2D eigenvalue weighted by Crippen LogP contribution is -2.27. The van der Waals surface area contributed by atoms with E-state index in [2.05, 4.69) is 0 Å². The maximum atomic E-state index is 13.7. The molecule has 2 rings (SSSR count). The zero-order valence-electron chi connectivity index (χ0n) is 11.5. The van der Waals surface area contributed by atoms with E-state index in [0.29, 0.717) is 27.7 Å². The second-order valence-corrected chi connectivity index (χ2v) is 5.10. The Hall–Kier alpha value is -1.81. The van der Waals surface area contributed by atoms with Crippen molar-refractivity contribution in [3.63, 3.8) is 0 Å². The van der Waals surface area contributed by atoms with Crippen LogP contribution in [0, 0.1) is 19.7 Å². The summed E-state index contributed by atoms with van der Waals surface area (Å²) in [5, 5.41) is 0.310. The van der Waals surface area contributed by atoms with E-state index in [1.165, 1.54) is 17.0 Å². The van der Waals surface area contributed by atoms with Gasteiger partial charge in [-0.05, 0) is 32.0 Å². The first kappa shape index (κ1) is 14.6. The molecule has 0 saturated carbocycles. The standard InChI is InChI=1S/C15H15ClFNO2/c1-9-7-11(10(2)20-9)15(19)18(3)8-12-13(16)5-4-6-14(12)17/h4-7H,8H2,1-3H3. The third-order valence-electron chi connectivity index (χ3n) is 3.08. The average Bonchev–Trinajstić information content (AvgIpc) is 2.72. The molecule has 0 aliphatic rings. The first-order valence-electron chi connectivity index (χ1n) is 6.15. The highest BCUT2D eigenvalue weighted by molar-refractivity contribution is 6.31. The zero-order valence-corrected chi connectivity index (χ0v) is 12.3. The molecule has 0 N–H and O–H groups in total. The van der Waals surface area contributed by atoms with Crippen LogP contribution in [0.2, 0.25) is 5.02 Å². The predicted octanol–water partition coefficient (Wildman–Crippen LogP) is 3.96. The molecule has 1 aromatic heterocycles. The molecule has 0 aliphatic carbocycles. The summed E-state index contributed by atoms with van der Waals surface area (Å²) in [6.07, 6.45) is 0. The molecule has 0 atom stereocenters. The monoisotopic (exact) mass is 295 g/mol. The minimum absolute atomic E-state index is 0.105. The summed E-state index contributed by atoms with van der Waals surface area (Å²) in [6.45, 7) is 3.61. The van der Waals surface area contributed by atoms with Crippen molar-refractivity contribution in [2.45, 2.75) is 20.4 Å². The van der Waals surface area contributed by atoms with Gasteiger partial charge in [-0.1, -0.05) is 17.7 Å². The van der Waals surface area contributed by atoms with Gasteiger partial charge in [-0.2, -0.15) is 0 Å². The van der Waals surface area contributed by atoms with Gasteiger partial charge in [0, 0.05) is 24.2 Å². The number of carbonyl (C=O) groups excluding carboxylic acids is 1. The minimum Gasteiger partial charge on any atom is -0.466 e. The van der Waals surface area contributed by atoms with E-state index in [1.807, 2.05) is 0 Å². The Morgan fingerprint density at radius 1 is 1.40 bits per heavy atom. The fourth-order valence-electron chi connectivity index (χ4n) is 2.04. The summed E-state index contributed by atoms with van der Waals surface area (Å²) in [5.74, 6) is 0.582. The molecule has 0 fully saturated rings. The van der Waals surface area contributed by atoms with Gasteiger partial charge in [-0.25, -0.2) is 4.39 Å². The fraction of sp³-hybridized carbons (Fsp3) is 0.267. The van der Waals surface area contributed by atoms with Gasteiger partial charge in [-0.15, -0.1) is 0 Å². The maximum absolute atomic E-state index is 13.7. The quantitative estimate of drug-likeness (QED) is 0.859. The third kappa shape index (κ3) is 2.85. The van der Waals surface area contributed by atoms with Crippen LogP contribution >= 0.6 is 11.6 Å². The smallest absolute Gasteiger partial charge is 0.257 e. The first-order chi connectivity index (χ1) is 9.40. The van der Waals surface area contributed by atoms with Crippen molar-refractivity contribution in [3.8, 4) is 0 Å². The number of furan rings is 1. The SMILES string of the molecule is Cc1cc(C(=O)N(C)Cc2c(F)cccc2Cl)c(C)o1. The Balaban J connectivity index is 2.22. The van der Waals surface area contributed by atoms with Crippen LogP contribution in [0.1, 0.15) is 27.4 Å². The highest BCUT2D eigenvalue weighted by Gasteiger charge is 2.19. The van der Waals surface area contributed by atoms with Gasteiger partial charge in [-0.3, -0.25) is 4.79 Å². The van der Waals surface area contributed by atoms with Crippen LogP contribution in [0.25, 0.3) is 0 Å². The molecule has 20 heavy (non-hydrogen) atoms. The van der Waals surface area contributed by atoms with Crippen LogP contribution in [-0.4, -0.2) is 17.9 Å². The van der Waals surface area contributed by atoms with E-state index in [0.717, 1.165) is 0 Å². The summed E-state index contributed by atoms with van der Waals surface area (Å²) in [4.78, 5) is 13.7. The molecule has 0 unspecified atom stereocenters. The van der Waals surface area contributed by atoms with Gasteiger partial charge in [0.2, 0.25) is 0 Å². The van der Waals surface area contributed by atoms with Crippen LogP contribution in [0.4, 0.5) is 4.39 Å². The maximum Gasteiger partial charge on any atom is 0.257 e. The van der Waals surface area contributed by atoms with Crippen molar-refractivity contribution >= 4 is 17.5 Å². The zero-order chi connectivity index (χ0) is 14.9. The summed E-state index contributed by atoms with van der Waals surface area (Å²) < 4.78 is 19.1. The van der Waals surface area contributed by atoms with Crippen molar-refractivity contribution in [3.05, 3.63) is 57.8 Å². The number of halogens is 2. The van der Waals surface area contributed by atoms with E-state index in [1.54, 1.807) is 33.0 Å². The van der Waals surface area contributed by atoms with Gasteiger partial charge in [0.1, 0.15) is 17.3 Å². The minimum atomic E-state index is -0.419. The second-order valence-electron chi connectivity index (χ2n) is 4.69. The van der Waals surface area contributed by atoms with Crippen LogP contribution < -0.4 is 0 Å². The normalized spacial score (nSPS) is 10.7. The number of nitrogens with zero attached hydrogens (tertiary/aromatic N) is 1. The lowest BCUT2D eigenvalue weighted by Gasteiger charge is -2.18. The van der Waals surface area contributed by atoms with Gasteiger partial charge >= 0.3 is 0 Å². The Labute approximate surface area is 121 Å². The molecule has 0 radical (unpaired) electrons. The van der Waals surface area contributed by atoms with Crippen molar-refractivity contribution in [1.82, 2.24) is 4.90 Å². The summed E-state index contributed by atoms with van der Waals surface area (Å²) in [5.41, 5.74) is 0.792. The van der Waals surface area contributed by atoms with Crippen molar-refractivity contribution in [1.29, 1.82) is 0 Å². The number of aryl methyl sites for hydroxylation is 2. The Kier molecular flexibility index (Phi) is 4.14. The number of hydrogen-bond acceptors (Lipinski definition) is 2. The molecular formula is C15H15ClFNO2. The number of amides is 1. The number of benzene rings is 1. The lowest BCUT2D eigenvalue weighted by molar-refractivity contribution is 0.0782. The van der Waals surface area contributed by atoms with E-state index >= 15 is 0 Å². The second kappa shape index (κ2) is 5.67. The molecule has 0 spiro atoms. The van der Waals surface area contributed by atoms with Gasteiger partial charge < -0.3 is 9.32 Å². The average molecular weight is 296 g/mol. The molecule has 3 nitrogen and oxygen atoms in total. The molecule has 5 heteroatoms. The Bertz CT molecular complexity index is 631. The van der Waals surface area contributed by atoms with Gasteiger partial charge in [0.05, 0.1) is 5.56 Å². The number of carbonyl (C=O) groups is 1. The summed E-state index contributed by atoms with van der Waals surface area (Å²) in [7, 11) is 1.60. The third-order valence-corrected chi connectivity index (χ3v) is 3.43. The van der Waals surface area contributed by atoms with Crippen molar-refractivity contribution in [2.75, 3.05) is 7.05 Å². The molecule has 1 amide bonds. The van der Waals surface area contributed by atoms with E-state index in [9.17, 15) is 9.18 Å². The van der Waals surface area contributed by atoms with Gasteiger partial charge in [0.25, 0.3) is 5.91 Å². The van der Waals surface area contributed by atoms with Gasteiger partial charge in [0.15, 0.2) is 0 Å². The van der Waals surface area contributed by atoms with Crippen LogP contribution in [0.5, 0.6) is 0 Å². The van der Waals surface area contributed by atoms with Crippen LogP contribution in [0.3, 0.4) is 0 Å². The molecule has 0 bridgehead atoms. The molecule has 1 heterocycles. The largest absolute Gasteiger partial charge is 0.466 e. The highest BCUT2D eigenvalue weighted by Crippen LogP contribution is 2.22.